The Kier molecular flexibility index (Phi) is 4.95. The third kappa shape index (κ3) is 3.60. The van der Waals surface area contributed by atoms with Crippen LogP contribution in [-0.4, -0.2) is 34.3 Å². The van der Waals surface area contributed by atoms with Gasteiger partial charge < -0.3 is 14.5 Å². The Hall–Kier alpha value is -2.65. The average molecular weight is 389 g/mol. The maximum absolute atomic E-state index is 12.9. The van der Waals surface area contributed by atoms with Crippen LogP contribution < -0.4 is 16.6 Å². The second-order valence-corrected chi connectivity index (χ2v) is 7.33. The predicted molar refractivity (Wildman–Crippen MR) is 100 cm³/mol. The summed E-state index contributed by atoms with van der Waals surface area (Å²) in [5.74, 6) is 0.211. The van der Waals surface area contributed by atoms with Gasteiger partial charge in [-0.05, 0) is 36.4 Å². The minimum absolute atomic E-state index is 0.0238. The molecule has 0 saturated carbocycles. The second-order valence-electron chi connectivity index (χ2n) is 6.41. The summed E-state index contributed by atoms with van der Waals surface area (Å²) < 4.78 is 13.6. The maximum atomic E-state index is 12.9. The van der Waals surface area contributed by atoms with Crippen LogP contribution in [0.5, 0.6) is 0 Å². The smallest absolute Gasteiger partial charge is 0.332 e. The van der Waals surface area contributed by atoms with Crippen molar-refractivity contribution in [3.8, 4) is 0 Å². The van der Waals surface area contributed by atoms with Gasteiger partial charge in [-0.15, -0.1) is 11.3 Å². The van der Waals surface area contributed by atoms with Crippen molar-refractivity contribution in [2.24, 2.45) is 0 Å². The number of amides is 1. The summed E-state index contributed by atoms with van der Waals surface area (Å²) in [5, 5.41) is 4.55. The number of rotatable bonds is 6. The lowest BCUT2D eigenvalue weighted by molar-refractivity contribution is -0.122. The molecule has 8 nitrogen and oxygen atoms in total. The first-order valence-electron chi connectivity index (χ1n) is 8.75. The lowest BCUT2D eigenvalue weighted by atomic mass is 10.2. The third-order valence-corrected chi connectivity index (χ3v) is 5.47. The number of nitrogens with one attached hydrogen (secondary N) is 1. The molecule has 27 heavy (non-hydrogen) atoms. The van der Waals surface area contributed by atoms with Crippen LogP contribution in [0.3, 0.4) is 0 Å². The van der Waals surface area contributed by atoms with Crippen molar-refractivity contribution in [3.63, 3.8) is 0 Å². The molecule has 4 rings (SSSR count). The molecule has 0 spiro atoms. The normalized spacial score (nSPS) is 16.8. The van der Waals surface area contributed by atoms with E-state index in [2.05, 4.69) is 5.32 Å². The highest BCUT2D eigenvalue weighted by Gasteiger charge is 2.19. The van der Waals surface area contributed by atoms with E-state index in [0.717, 1.165) is 17.4 Å². The van der Waals surface area contributed by atoms with Crippen molar-refractivity contribution in [3.05, 3.63) is 56.4 Å². The van der Waals surface area contributed by atoms with Crippen molar-refractivity contribution in [1.29, 1.82) is 0 Å². The monoisotopic (exact) mass is 389 g/mol. The number of ether oxygens (including phenoxy) is 1. The standard InChI is InChI=1S/C18H19N3O5S/c22-15(19-9-12-3-1-6-25-12)11-20-14-5-8-27-16(14)17(23)21(18(20)24)10-13-4-2-7-26-13/h2,4-5,7-8,12H,1,3,6,9-11H2,(H,19,22)/t12-/m1/s1. The highest BCUT2D eigenvalue weighted by atomic mass is 32.1. The molecule has 0 bridgehead atoms. The maximum Gasteiger partial charge on any atom is 0.332 e. The predicted octanol–water partition coefficient (Wildman–Crippen LogP) is 1.16. The summed E-state index contributed by atoms with van der Waals surface area (Å²) >= 11 is 1.25. The molecule has 1 atom stereocenters. The Bertz CT molecular complexity index is 1060. The largest absolute Gasteiger partial charge is 0.467 e. The zero-order valence-electron chi connectivity index (χ0n) is 14.6. The zero-order valence-corrected chi connectivity index (χ0v) is 15.4. The van der Waals surface area contributed by atoms with E-state index in [1.807, 2.05) is 0 Å². The molecule has 1 saturated heterocycles. The minimum atomic E-state index is -0.533. The second kappa shape index (κ2) is 7.53. The number of carbonyl (C=O) groups excluding carboxylic acids is 1. The SMILES string of the molecule is O=C(Cn1c(=O)n(Cc2ccco2)c(=O)c2sccc21)NC[C@H]1CCCO1. The molecule has 3 aromatic heterocycles. The number of fused-ring (bicyclic) bond motifs is 1. The van der Waals surface area contributed by atoms with E-state index in [-0.39, 0.29) is 30.7 Å². The molecule has 0 unspecified atom stereocenters. The van der Waals surface area contributed by atoms with Gasteiger partial charge in [0.1, 0.15) is 17.0 Å². The van der Waals surface area contributed by atoms with Crippen molar-refractivity contribution >= 4 is 27.5 Å². The van der Waals surface area contributed by atoms with Crippen LogP contribution in [0.25, 0.3) is 10.2 Å². The van der Waals surface area contributed by atoms with Crippen LogP contribution in [0, 0.1) is 0 Å². The van der Waals surface area contributed by atoms with Crippen LogP contribution in [0.15, 0.2) is 43.8 Å². The molecule has 1 aliphatic heterocycles. The molecule has 0 aliphatic carbocycles. The van der Waals surface area contributed by atoms with E-state index in [4.69, 9.17) is 9.15 Å². The van der Waals surface area contributed by atoms with E-state index in [0.29, 0.717) is 29.1 Å². The fourth-order valence-corrected chi connectivity index (χ4v) is 4.06. The molecular formula is C18H19N3O5S. The van der Waals surface area contributed by atoms with Gasteiger partial charge in [-0.25, -0.2) is 4.79 Å². The van der Waals surface area contributed by atoms with E-state index in [1.54, 1.807) is 23.6 Å². The van der Waals surface area contributed by atoms with E-state index in [1.165, 1.54) is 22.2 Å². The van der Waals surface area contributed by atoms with Crippen molar-refractivity contribution in [2.45, 2.75) is 32.0 Å². The van der Waals surface area contributed by atoms with Gasteiger partial charge in [0.2, 0.25) is 5.91 Å². The number of furan rings is 1. The van der Waals surface area contributed by atoms with Crippen molar-refractivity contribution in [1.82, 2.24) is 14.5 Å². The van der Waals surface area contributed by atoms with Crippen LogP contribution in [-0.2, 0) is 22.6 Å². The fourth-order valence-electron chi connectivity index (χ4n) is 3.22. The van der Waals surface area contributed by atoms with E-state index < -0.39 is 5.69 Å². The molecular weight excluding hydrogens is 370 g/mol. The quantitative estimate of drug-likeness (QED) is 0.683. The van der Waals surface area contributed by atoms with Crippen LogP contribution in [0.4, 0.5) is 0 Å². The number of hydrogen-bond acceptors (Lipinski definition) is 6. The average Bonchev–Trinajstić information content (AvgIpc) is 3.42. The number of aromatic nitrogens is 2. The zero-order chi connectivity index (χ0) is 18.8. The first kappa shape index (κ1) is 17.7. The Morgan fingerprint density at radius 1 is 1.30 bits per heavy atom. The molecule has 1 aliphatic rings. The highest BCUT2D eigenvalue weighted by Crippen LogP contribution is 2.16. The lowest BCUT2D eigenvalue weighted by Crippen LogP contribution is -2.43. The highest BCUT2D eigenvalue weighted by molar-refractivity contribution is 7.17. The number of hydrogen-bond donors (Lipinski definition) is 1. The Morgan fingerprint density at radius 3 is 2.93 bits per heavy atom. The van der Waals surface area contributed by atoms with Crippen LogP contribution in [0.2, 0.25) is 0 Å². The van der Waals surface area contributed by atoms with Gasteiger partial charge in [-0.2, -0.15) is 0 Å². The van der Waals surface area contributed by atoms with Crippen molar-refractivity contribution in [2.75, 3.05) is 13.2 Å². The van der Waals surface area contributed by atoms with Gasteiger partial charge in [0.25, 0.3) is 5.56 Å². The first-order valence-corrected chi connectivity index (χ1v) is 9.63. The summed E-state index contributed by atoms with van der Waals surface area (Å²) in [7, 11) is 0. The van der Waals surface area contributed by atoms with Gasteiger partial charge in [-0.1, -0.05) is 0 Å². The minimum Gasteiger partial charge on any atom is -0.467 e. The fraction of sp³-hybridized carbons (Fsp3) is 0.389. The topological polar surface area (TPSA) is 95.5 Å². The number of thiophene rings is 1. The Balaban J connectivity index is 1.63. The van der Waals surface area contributed by atoms with Gasteiger partial charge in [0.05, 0.1) is 24.4 Å². The van der Waals surface area contributed by atoms with E-state index in [9.17, 15) is 14.4 Å². The van der Waals surface area contributed by atoms with E-state index >= 15 is 0 Å². The summed E-state index contributed by atoms with van der Waals surface area (Å²) in [6.07, 6.45) is 3.43. The molecule has 0 aromatic carbocycles. The molecule has 1 amide bonds. The summed E-state index contributed by atoms with van der Waals surface area (Å²) in [6, 6.07) is 5.08. The van der Waals surface area contributed by atoms with Gasteiger partial charge in [-0.3, -0.25) is 18.7 Å². The molecule has 1 fully saturated rings. The Morgan fingerprint density at radius 2 is 2.19 bits per heavy atom. The molecule has 3 aromatic rings. The van der Waals surface area contributed by atoms with Crippen LogP contribution in [0.1, 0.15) is 18.6 Å². The number of carbonyl (C=O) groups is 1. The lowest BCUT2D eigenvalue weighted by Gasteiger charge is -2.13. The Labute approximate surface area is 158 Å². The molecule has 142 valence electrons. The molecule has 4 heterocycles. The van der Waals surface area contributed by atoms with Gasteiger partial charge >= 0.3 is 5.69 Å². The molecule has 9 heteroatoms. The summed E-state index contributed by atoms with van der Waals surface area (Å²) in [6.45, 7) is 1.01. The summed E-state index contributed by atoms with van der Waals surface area (Å²) in [4.78, 5) is 38.0. The van der Waals surface area contributed by atoms with Crippen molar-refractivity contribution < 1.29 is 13.9 Å². The first-order chi connectivity index (χ1) is 13.1. The molecule has 0 radical (unpaired) electrons. The van der Waals surface area contributed by atoms with Crippen LogP contribution >= 0.6 is 11.3 Å². The van der Waals surface area contributed by atoms with Gasteiger partial charge in [0, 0.05) is 13.2 Å². The molecule has 1 N–H and O–H groups in total. The third-order valence-electron chi connectivity index (χ3n) is 4.58. The van der Waals surface area contributed by atoms with Gasteiger partial charge in [0.15, 0.2) is 0 Å². The summed E-state index contributed by atoms with van der Waals surface area (Å²) in [5.41, 5.74) is -0.440. The number of nitrogens with zero attached hydrogens (tertiary/aromatic N) is 2.